The molecule has 1 rings (SSSR count). The fourth-order valence-electron chi connectivity index (χ4n) is 1.87. The fourth-order valence-corrected chi connectivity index (χ4v) is 1.87. The van der Waals surface area contributed by atoms with Crippen molar-refractivity contribution in [2.75, 3.05) is 0 Å². The molecule has 1 heterocycles. The SMILES string of the molecule is CCCC(CC(=O)O)NC(=O)CCc1ccccn1. The van der Waals surface area contributed by atoms with Gasteiger partial charge in [-0.3, -0.25) is 14.6 Å². The van der Waals surface area contributed by atoms with E-state index in [2.05, 4.69) is 10.3 Å². The maximum Gasteiger partial charge on any atom is 0.305 e. The smallest absolute Gasteiger partial charge is 0.305 e. The zero-order chi connectivity index (χ0) is 14.1. The third kappa shape index (κ3) is 6.55. The Morgan fingerprint density at radius 3 is 2.79 bits per heavy atom. The van der Waals surface area contributed by atoms with Crippen LogP contribution in [0.25, 0.3) is 0 Å². The van der Waals surface area contributed by atoms with E-state index in [1.165, 1.54) is 0 Å². The van der Waals surface area contributed by atoms with Gasteiger partial charge >= 0.3 is 5.97 Å². The van der Waals surface area contributed by atoms with Crippen LogP contribution in [0.15, 0.2) is 24.4 Å². The predicted molar refractivity (Wildman–Crippen MR) is 71.6 cm³/mol. The zero-order valence-electron chi connectivity index (χ0n) is 11.1. The molecule has 19 heavy (non-hydrogen) atoms. The lowest BCUT2D eigenvalue weighted by atomic mass is 10.1. The number of hydrogen-bond donors (Lipinski definition) is 2. The van der Waals surface area contributed by atoms with Crippen LogP contribution >= 0.6 is 0 Å². The normalized spacial score (nSPS) is 11.8. The molecular formula is C14H20N2O3. The molecule has 1 aromatic rings. The lowest BCUT2D eigenvalue weighted by Crippen LogP contribution is -2.36. The molecule has 0 fully saturated rings. The first kappa shape index (κ1) is 15.1. The summed E-state index contributed by atoms with van der Waals surface area (Å²) < 4.78 is 0. The van der Waals surface area contributed by atoms with E-state index in [0.717, 1.165) is 12.1 Å². The summed E-state index contributed by atoms with van der Waals surface area (Å²) in [7, 11) is 0. The molecule has 1 unspecified atom stereocenters. The van der Waals surface area contributed by atoms with Gasteiger partial charge in [0.05, 0.1) is 6.42 Å². The van der Waals surface area contributed by atoms with Crippen LogP contribution in [0.5, 0.6) is 0 Å². The van der Waals surface area contributed by atoms with Crippen molar-refractivity contribution in [3.8, 4) is 0 Å². The number of carbonyl (C=O) groups is 2. The quantitative estimate of drug-likeness (QED) is 0.750. The summed E-state index contributed by atoms with van der Waals surface area (Å²) in [6.45, 7) is 1.97. The Balaban J connectivity index is 2.37. The summed E-state index contributed by atoms with van der Waals surface area (Å²) in [5.74, 6) is -1.01. The Morgan fingerprint density at radius 2 is 2.21 bits per heavy atom. The van der Waals surface area contributed by atoms with Gasteiger partial charge in [-0.15, -0.1) is 0 Å². The second-order valence-corrected chi connectivity index (χ2v) is 4.47. The molecule has 1 amide bonds. The summed E-state index contributed by atoms with van der Waals surface area (Å²) in [5, 5.41) is 11.5. The van der Waals surface area contributed by atoms with Crippen LogP contribution in [-0.4, -0.2) is 28.0 Å². The molecule has 1 atom stereocenters. The Labute approximate surface area is 113 Å². The number of carbonyl (C=O) groups excluding carboxylic acids is 1. The summed E-state index contributed by atoms with van der Waals surface area (Å²) >= 11 is 0. The summed E-state index contributed by atoms with van der Waals surface area (Å²) in [6, 6.07) is 5.30. The minimum atomic E-state index is -0.886. The molecule has 0 aliphatic rings. The molecule has 104 valence electrons. The number of aryl methyl sites for hydroxylation is 1. The van der Waals surface area contributed by atoms with Crippen LogP contribution in [0.2, 0.25) is 0 Å². The minimum absolute atomic E-state index is 0.0246. The highest BCUT2D eigenvalue weighted by Gasteiger charge is 2.14. The van der Waals surface area contributed by atoms with Crippen molar-refractivity contribution >= 4 is 11.9 Å². The highest BCUT2D eigenvalue weighted by Crippen LogP contribution is 2.04. The van der Waals surface area contributed by atoms with Gasteiger partial charge in [0.15, 0.2) is 0 Å². The topological polar surface area (TPSA) is 79.3 Å². The zero-order valence-corrected chi connectivity index (χ0v) is 11.1. The second kappa shape index (κ2) is 8.24. The number of aliphatic carboxylic acids is 1. The standard InChI is InChI=1S/C14H20N2O3/c1-2-5-12(10-14(18)19)16-13(17)8-7-11-6-3-4-9-15-11/h3-4,6,9,12H,2,5,7-8,10H2,1H3,(H,16,17)(H,18,19). The Morgan fingerprint density at radius 1 is 1.42 bits per heavy atom. The molecule has 0 spiro atoms. The molecule has 1 aromatic heterocycles. The monoisotopic (exact) mass is 264 g/mol. The molecule has 0 aliphatic carbocycles. The molecule has 2 N–H and O–H groups in total. The van der Waals surface area contributed by atoms with E-state index in [0.29, 0.717) is 19.3 Å². The number of carboxylic acid groups (broad SMARTS) is 1. The van der Waals surface area contributed by atoms with E-state index >= 15 is 0 Å². The second-order valence-electron chi connectivity index (χ2n) is 4.47. The maximum absolute atomic E-state index is 11.8. The number of nitrogens with one attached hydrogen (secondary N) is 1. The molecule has 0 aliphatic heterocycles. The molecular weight excluding hydrogens is 244 g/mol. The number of carboxylic acids is 1. The Hall–Kier alpha value is -1.91. The van der Waals surface area contributed by atoms with Crippen molar-refractivity contribution in [1.82, 2.24) is 10.3 Å². The Bertz CT molecular complexity index is 406. The average molecular weight is 264 g/mol. The van der Waals surface area contributed by atoms with Gasteiger partial charge in [-0.1, -0.05) is 19.4 Å². The van der Waals surface area contributed by atoms with Gasteiger partial charge in [-0.05, 0) is 25.0 Å². The van der Waals surface area contributed by atoms with Crippen LogP contribution in [0.4, 0.5) is 0 Å². The number of nitrogens with zero attached hydrogens (tertiary/aromatic N) is 1. The summed E-state index contributed by atoms with van der Waals surface area (Å²) in [5.41, 5.74) is 0.864. The summed E-state index contributed by atoms with van der Waals surface area (Å²) in [4.78, 5) is 26.6. The third-order valence-electron chi connectivity index (χ3n) is 2.76. The first-order valence-electron chi connectivity index (χ1n) is 6.53. The van der Waals surface area contributed by atoms with Gasteiger partial charge in [-0.2, -0.15) is 0 Å². The van der Waals surface area contributed by atoms with E-state index in [4.69, 9.17) is 5.11 Å². The van der Waals surface area contributed by atoms with E-state index in [1.54, 1.807) is 6.20 Å². The van der Waals surface area contributed by atoms with Crippen LogP contribution in [0.3, 0.4) is 0 Å². The van der Waals surface area contributed by atoms with Gasteiger partial charge in [0.2, 0.25) is 5.91 Å². The number of amides is 1. The molecule has 0 saturated carbocycles. The van der Waals surface area contributed by atoms with Crippen LogP contribution in [0.1, 0.15) is 38.3 Å². The van der Waals surface area contributed by atoms with Gasteiger partial charge < -0.3 is 10.4 Å². The molecule has 0 aromatic carbocycles. The van der Waals surface area contributed by atoms with Crippen molar-refractivity contribution in [2.45, 2.75) is 45.1 Å². The van der Waals surface area contributed by atoms with Gasteiger partial charge in [0, 0.05) is 24.4 Å². The largest absolute Gasteiger partial charge is 0.481 e. The number of hydrogen-bond acceptors (Lipinski definition) is 3. The van der Waals surface area contributed by atoms with Crippen molar-refractivity contribution in [3.05, 3.63) is 30.1 Å². The minimum Gasteiger partial charge on any atom is -0.481 e. The highest BCUT2D eigenvalue weighted by atomic mass is 16.4. The maximum atomic E-state index is 11.8. The summed E-state index contributed by atoms with van der Waals surface area (Å²) in [6.07, 6.45) is 4.09. The number of aromatic nitrogens is 1. The lowest BCUT2D eigenvalue weighted by molar-refractivity contribution is -0.137. The molecule has 0 radical (unpaired) electrons. The van der Waals surface area contributed by atoms with E-state index < -0.39 is 5.97 Å². The van der Waals surface area contributed by atoms with Crippen molar-refractivity contribution in [2.24, 2.45) is 0 Å². The van der Waals surface area contributed by atoms with Crippen LogP contribution in [-0.2, 0) is 16.0 Å². The number of pyridine rings is 1. The van der Waals surface area contributed by atoms with E-state index in [9.17, 15) is 9.59 Å². The third-order valence-corrected chi connectivity index (χ3v) is 2.76. The first-order valence-corrected chi connectivity index (χ1v) is 6.53. The van der Waals surface area contributed by atoms with Crippen molar-refractivity contribution in [1.29, 1.82) is 0 Å². The Kier molecular flexibility index (Phi) is 6.57. The van der Waals surface area contributed by atoms with Crippen molar-refractivity contribution < 1.29 is 14.7 Å². The predicted octanol–water partition coefficient (Wildman–Crippen LogP) is 1.77. The molecule has 0 saturated heterocycles. The number of rotatable bonds is 8. The fraction of sp³-hybridized carbons (Fsp3) is 0.500. The van der Waals surface area contributed by atoms with Gasteiger partial charge in [0.1, 0.15) is 0 Å². The highest BCUT2D eigenvalue weighted by molar-refractivity contribution is 5.77. The van der Waals surface area contributed by atoms with Gasteiger partial charge in [0.25, 0.3) is 0 Å². The van der Waals surface area contributed by atoms with Crippen molar-refractivity contribution in [3.63, 3.8) is 0 Å². The molecule has 0 bridgehead atoms. The van der Waals surface area contributed by atoms with E-state index in [1.807, 2.05) is 25.1 Å². The van der Waals surface area contributed by atoms with Gasteiger partial charge in [-0.25, -0.2) is 0 Å². The first-order chi connectivity index (χ1) is 9.11. The average Bonchev–Trinajstić information content (AvgIpc) is 2.37. The lowest BCUT2D eigenvalue weighted by Gasteiger charge is -2.15. The molecule has 5 nitrogen and oxygen atoms in total. The molecule has 5 heteroatoms. The van der Waals surface area contributed by atoms with Crippen LogP contribution < -0.4 is 5.32 Å². The van der Waals surface area contributed by atoms with Crippen LogP contribution in [0, 0.1) is 0 Å². The van der Waals surface area contributed by atoms with E-state index in [-0.39, 0.29) is 18.4 Å².